The van der Waals surface area contributed by atoms with Crippen molar-refractivity contribution >= 4 is 56.3 Å². The normalized spacial score (nSPS) is 15.0. The van der Waals surface area contributed by atoms with Gasteiger partial charge in [-0.1, -0.05) is 6.07 Å². The van der Waals surface area contributed by atoms with Crippen molar-refractivity contribution in [2.45, 2.75) is 25.3 Å². The second kappa shape index (κ2) is 8.60. The lowest BCUT2D eigenvalue weighted by Gasteiger charge is -2.31. The van der Waals surface area contributed by atoms with Crippen molar-refractivity contribution < 1.29 is 4.79 Å². The summed E-state index contributed by atoms with van der Waals surface area (Å²) in [5, 5.41) is 7.89. The molecule has 0 atom stereocenters. The maximum Gasteiger partial charge on any atom is 0.326 e. The Balaban J connectivity index is 1.57. The molecular weight excluding hydrogens is 537 g/mol. The SMILES string of the molecule is O=C(NI)N1CCC(c2cc(NCc3cccnc3)n3ncc(Br)c3n2)CC1. The summed E-state index contributed by atoms with van der Waals surface area (Å²) >= 11 is 5.43. The highest BCUT2D eigenvalue weighted by Gasteiger charge is 2.25. The summed E-state index contributed by atoms with van der Waals surface area (Å²) in [5.74, 6) is 1.20. The molecule has 0 spiro atoms. The number of fused-ring (bicyclic) bond motifs is 1. The molecule has 3 aromatic rings. The van der Waals surface area contributed by atoms with E-state index < -0.39 is 0 Å². The van der Waals surface area contributed by atoms with Crippen molar-refractivity contribution in [1.29, 1.82) is 0 Å². The number of aromatic nitrogens is 4. The molecule has 146 valence electrons. The largest absolute Gasteiger partial charge is 0.366 e. The van der Waals surface area contributed by atoms with Gasteiger partial charge in [-0.3, -0.25) is 8.51 Å². The molecule has 1 aliphatic heterocycles. The summed E-state index contributed by atoms with van der Waals surface area (Å²) in [4.78, 5) is 22.7. The molecule has 4 rings (SSSR count). The maximum atomic E-state index is 11.8. The number of pyridine rings is 1. The lowest BCUT2D eigenvalue weighted by atomic mass is 9.93. The molecular formula is C18H19BrIN7O. The van der Waals surface area contributed by atoms with Gasteiger partial charge in [-0.2, -0.15) is 9.61 Å². The lowest BCUT2D eigenvalue weighted by Crippen LogP contribution is -2.41. The van der Waals surface area contributed by atoms with Crippen LogP contribution in [0.15, 0.2) is 41.3 Å². The van der Waals surface area contributed by atoms with E-state index in [1.54, 1.807) is 12.4 Å². The first-order valence-corrected chi connectivity index (χ1v) is 10.9. The molecule has 8 nitrogen and oxygen atoms in total. The van der Waals surface area contributed by atoms with Gasteiger partial charge in [-0.15, -0.1) is 0 Å². The second-order valence-electron chi connectivity index (χ2n) is 6.67. The highest BCUT2D eigenvalue weighted by atomic mass is 127. The van der Waals surface area contributed by atoms with Crippen LogP contribution in [0, 0.1) is 0 Å². The van der Waals surface area contributed by atoms with Crippen molar-refractivity contribution in [3.05, 3.63) is 52.5 Å². The molecule has 1 aliphatic rings. The Labute approximate surface area is 184 Å². The van der Waals surface area contributed by atoms with E-state index in [1.807, 2.05) is 50.6 Å². The number of rotatable bonds is 4. The number of carbonyl (C=O) groups excluding carboxylic acids is 1. The molecule has 0 radical (unpaired) electrons. The minimum Gasteiger partial charge on any atom is -0.366 e. The topological polar surface area (TPSA) is 87.5 Å². The third kappa shape index (κ3) is 4.07. The molecule has 3 aromatic heterocycles. The van der Waals surface area contributed by atoms with Crippen molar-refractivity contribution in [3.63, 3.8) is 0 Å². The first kappa shape index (κ1) is 19.4. The van der Waals surface area contributed by atoms with E-state index in [9.17, 15) is 4.79 Å². The van der Waals surface area contributed by atoms with Crippen LogP contribution in [0.25, 0.3) is 5.65 Å². The number of halogens is 2. The minimum absolute atomic E-state index is 0.0279. The molecule has 0 bridgehead atoms. The summed E-state index contributed by atoms with van der Waals surface area (Å²) in [6.07, 6.45) is 7.15. The fraction of sp³-hybridized carbons (Fsp3) is 0.333. The quantitative estimate of drug-likeness (QED) is 0.378. The Morgan fingerprint density at radius 1 is 1.32 bits per heavy atom. The first-order valence-electron chi connectivity index (χ1n) is 8.98. The van der Waals surface area contributed by atoms with E-state index in [0.717, 1.165) is 53.1 Å². The molecule has 1 fully saturated rings. The standard InChI is InChI=1S/C18H19BrIN7O/c19-14-11-23-27-16(22-10-12-2-1-5-21-9-12)8-15(24-17(14)27)13-3-6-26(7-4-13)18(28)25-20/h1-2,5,8-9,11,13,22H,3-4,6-7,10H2,(H,25,28). The van der Waals surface area contributed by atoms with E-state index >= 15 is 0 Å². The van der Waals surface area contributed by atoms with Crippen molar-refractivity contribution in [2.24, 2.45) is 0 Å². The summed E-state index contributed by atoms with van der Waals surface area (Å²) in [7, 11) is 0. The number of urea groups is 1. The van der Waals surface area contributed by atoms with E-state index in [2.05, 4.69) is 40.9 Å². The zero-order chi connectivity index (χ0) is 19.5. The molecule has 0 unspecified atom stereocenters. The molecule has 4 heterocycles. The summed E-state index contributed by atoms with van der Waals surface area (Å²) in [5.41, 5.74) is 2.91. The van der Waals surface area contributed by atoms with Crippen LogP contribution in [0.1, 0.15) is 30.0 Å². The maximum absolute atomic E-state index is 11.8. The molecule has 2 N–H and O–H groups in total. The van der Waals surface area contributed by atoms with Gasteiger partial charge in [0.1, 0.15) is 5.82 Å². The molecule has 28 heavy (non-hydrogen) atoms. The van der Waals surface area contributed by atoms with Crippen LogP contribution < -0.4 is 8.85 Å². The van der Waals surface area contributed by atoms with Gasteiger partial charge in [-0.05, 0) is 40.4 Å². The molecule has 1 saturated heterocycles. The molecule has 0 saturated carbocycles. The van der Waals surface area contributed by atoms with Crippen LogP contribution >= 0.6 is 38.8 Å². The number of nitrogens with zero attached hydrogens (tertiary/aromatic N) is 5. The van der Waals surface area contributed by atoms with Crippen LogP contribution in [0.2, 0.25) is 0 Å². The Kier molecular flexibility index (Phi) is 5.95. The Morgan fingerprint density at radius 3 is 2.86 bits per heavy atom. The first-order chi connectivity index (χ1) is 13.7. The van der Waals surface area contributed by atoms with Gasteiger partial charge in [0.15, 0.2) is 5.65 Å². The predicted octanol–water partition coefficient (Wildman–Crippen LogP) is 3.74. The molecule has 2 amide bonds. The van der Waals surface area contributed by atoms with Gasteiger partial charge >= 0.3 is 6.03 Å². The van der Waals surface area contributed by atoms with Crippen molar-refractivity contribution in [1.82, 2.24) is 28.0 Å². The zero-order valence-electron chi connectivity index (χ0n) is 15.0. The predicted molar refractivity (Wildman–Crippen MR) is 118 cm³/mol. The van der Waals surface area contributed by atoms with Crippen LogP contribution in [0.4, 0.5) is 10.6 Å². The summed E-state index contributed by atoms with van der Waals surface area (Å²) < 4.78 is 5.34. The smallest absolute Gasteiger partial charge is 0.326 e. The fourth-order valence-electron chi connectivity index (χ4n) is 3.42. The average Bonchev–Trinajstić information content (AvgIpc) is 3.13. The fourth-order valence-corrected chi connectivity index (χ4v) is 4.11. The second-order valence-corrected chi connectivity index (χ2v) is 8.06. The summed E-state index contributed by atoms with van der Waals surface area (Å²) in [6, 6.07) is 6.00. The number of carbonyl (C=O) groups is 1. The van der Waals surface area contributed by atoms with Crippen molar-refractivity contribution in [2.75, 3.05) is 18.4 Å². The third-order valence-corrected chi connectivity index (χ3v) is 5.95. The number of piperidine rings is 1. The minimum atomic E-state index is -0.0279. The average molecular weight is 556 g/mol. The summed E-state index contributed by atoms with van der Waals surface area (Å²) in [6.45, 7) is 2.11. The lowest BCUT2D eigenvalue weighted by molar-refractivity contribution is 0.188. The van der Waals surface area contributed by atoms with Gasteiger partial charge in [0.25, 0.3) is 0 Å². The number of likely N-dealkylation sites (tertiary alicyclic amines) is 1. The van der Waals surface area contributed by atoms with Gasteiger partial charge in [0.2, 0.25) is 0 Å². The highest BCUT2D eigenvalue weighted by molar-refractivity contribution is 14.1. The Hall–Kier alpha value is -1.95. The van der Waals surface area contributed by atoms with Gasteiger partial charge in [-0.25, -0.2) is 9.78 Å². The number of hydrogen-bond donors (Lipinski definition) is 2. The van der Waals surface area contributed by atoms with Gasteiger partial charge in [0, 0.05) is 49.7 Å². The van der Waals surface area contributed by atoms with Crippen molar-refractivity contribution in [3.8, 4) is 0 Å². The van der Waals surface area contributed by atoms with E-state index in [0.29, 0.717) is 12.5 Å². The Bertz CT molecular complexity index is 973. The number of amides is 2. The van der Waals surface area contributed by atoms with Crippen LogP contribution in [0.3, 0.4) is 0 Å². The van der Waals surface area contributed by atoms with Gasteiger partial charge < -0.3 is 10.2 Å². The number of hydrogen-bond acceptors (Lipinski definition) is 5. The van der Waals surface area contributed by atoms with E-state index in [4.69, 9.17) is 4.98 Å². The molecule has 0 aromatic carbocycles. The number of anilines is 1. The Morgan fingerprint density at radius 2 is 2.14 bits per heavy atom. The van der Waals surface area contributed by atoms with Gasteiger partial charge in [0.05, 0.1) is 33.5 Å². The van der Waals surface area contributed by atoms with E-state index in [1.165, 1.54) is 0 Å². The number of nitrogens with one attached hydrogen (secondary N) is 2. The highest BCUT2D eigenvalue weighted by Crippen LogP contribution is 2.30. The van der Waals surface area contributed by atoms with Crippen LogP contribution in [-0.4, -0.2) is 43.6 Å². The zero-order valence-corrected chi connectivity index (χ0v) is 18.7. The van der Waals surface area contributed by atoms with Crippen LogP contribution in [-0.2, 0) is 6.54 Å². The van der Waals surface area contributed by atoms with E-state index in [-0.39, 0.29) is 6.03 Å². The molecule has 10 heteroatoms. The van der Waals surface area contributed by atoms with Crippen LogP contribution in [0.5, 0.6) is 0 Å². The third-order valence-electron chi connectivity index (χ3n) is 4.93. The monoisotopic (exact) mass is 555 g/mol. The molecule has 0 aliphatic carbocycles.